The molecule has 2 aromatic rings. The van der Waals surface area contributed by atoms with Crippen molar-refractivity contribution in [2.45, 2.75) is 6.54 Å². The maximum absolute atomic E-state index is 13.4. The molecule has 1 aromatic carbocycles. The molecule has 0 aliphatic rings. The van der Waals surface area contributed by atoms with Crippen molar-refractivity contribution in [3.63, 3.8) is 0 Å². The predicted molar refractivity (Wildman–Crippen MR) is 73.7 cm³/mol. The Hall–Kier alpha value is -2.01. The Morgan fingerprint density at radius 1 is 1.17 bits per heavy atom. The third-order valence-electron chi connectivity index (χ3n) is 2.34. The van der Waals surface area contributed by atoms with E-state index in [-0.39, 0.29) is 5.82 Å². The van der Waals surface area contributed by atoms with Crippen LogP contribution in [0.15, 0.2) is 48.8 Å². The first-order valence-corrected chi connectivity index (χ1v) is 5.85. The van der Waals surface area contributed by atoms with Crippen molar-refractivity contribution in [1.29, 1.82) is 0 Å². The number of thiocarbonyl (C=S) groups is 1. The van der Waals surface area contributed by atoms with E-state index >= 15 is 0 Å². The van der Waals surface area contributed by atoms with Crippen LogP contribution in [-0.2, 0) is 6.54 Å². The van der Waals surface area contributed by atoms with Crippen LogP contribution in [0, 0.1) is 5.82 Å². The van der Waals surface area contributed by atoms with Crippen LogP contribution in [0.25, 0.3) is 0 Å². The first-order chi connectivity index (χ1) is 8.75. The zero-order valence-electron chi connectivity index (χ0n) is 9.56. The lowest BCUT2D eigenvalue weighted by Gasteiger charge is -2.10. The lowest BCUT2D eigenvalue weighted by Crippen LogP contribution is -2.28. The van der Waals surface area contributed by atoms with E-state index in [0.717, 1.165) is 5.69 Å². The third-order valence-corrected chi connectivity index (χ3v) is 2.58. The first-order valence-electron chi connectivity index (χ1n) is 5.44. The summed E-state index contributed by atoms with van der Waals surface area (Å²) in [4.78, 5) is 3.90. The summed E-state index contributed by atoms with van der Waals surface area (Å²) < 4.78 is 13.4. The van der Waals surface area contributed by atoms with Gasteiger partial charge in [0.15, 0.2) is 5.11 Å². The summed E-state index contributed by atoms with van der Waals surface area (Å²) in [6.45, 7) is 0.351. The number of benzene rings is 1. The number of pyridine rings is 1. The van der Waals surface area contributed by atoms with E-state index in [1.807, 2.05) is 0 Å². The average molecular weight is 261 g/mol. The number of hydrogen-bond acceptors (Lipinski definition) is 2. The van der Waals surface area contributed by atoms with Gasteiger partial charge in [-0.3, -0.25) is 4.98 Å². The largest absolute Gasteiger partial charge is 0.358 e. The highest BCUT2D eigenvalue weighted by Crippen LogP contribution is 2.06. The number of anilines is 1. The van der Waals surface area contributed by atoms with Crippen LogP contribution in [0.2, 0.25) is 0 Å². The molecule has 0 saturated carbocycles. The summed E-state index contributed by atoms with van der Waals surface area (Å²) in [5, 5.41) is 6.39. The second-order valence-corrected chi connectivity index (χ2v) is 4.04. The molecule has 0 fully saturated rings. The molecule has 0 aliphatic heterocycles. The number of nitrogens with one attached hydrogen (secondary N) is 2. The summed E-state index contributed by atoms with van der Waals surface area (Å²) in [6.07, 6.45) is 3.34. The molecule has 3 nitrogen and oxygen atoms in total. The Labute approximate surface area is 110 Å². The van der Waals surface area contributed by atoms with Crippen LogP contribution in [-0.4, -0.2) is 10.1 Å². The Morgan fingerprint density at radius 2 is 1.89 bits per heavy atom. The van der Waals surface area contributed by atoms with Crippen molar-refractivity contribution in [2.75, 3.05) is 5.32 Å². The molecule has 0 unspecified atom stereocenters. The lowest BCUT2D eigenvalue weighted by molar-refractivity contribution is 0.606. The van der Waals surface area contributed by atoms with E-state index in [1.54, 1.807) is 42.7 Å². The molecule has 1 aromatic heterocycles. The zero-order valence-corrected chi connectivity index (χ0v) is 10.4. The number of hydrogen-bond donors (Lipinski definition) is 2. The summed E-state index contributed by atoms with van der Waals surface area (Å²) in [6, 6.07) is 10.2. The van der Waals surface area contributed by atoms with Gasteiger partial charge in [-0.25, -0.2) is 4.39 Å². The van der Waals surface area contributed by atoms with Crippen molar-refractivity contribution in [3.8, 4) is 0 Å². The van der Waals surface area contributed by atoms with Crippen molar-refractivity contribution >= 4 is 23.0 Å². The quantitative estimate of drug-likeness (QED) is 0.833. The first kappa shape index (κ1) is 12.4. The van der Waals surface area contributed by atoms with Gasteiger partial charge in [-0.15, -0.1) is 0 Å². The van der Waals surface area contributed by atoms with Crippen LogP contribution in [0.5, 0.6) is 0 Å². The van der Waals surface area contributed by atoms with E-state index in [2.05, 4.69) is 15.6 Å². The minimum absolute atomic E-state index is 0.239. The van der Waals surface area contributed by atoms with Crippen LogP contribution in [0.3, 0.4) is 0 Å². The van der Waals surface area contributed by atoms with Gasteiger partial charge in [0.05, 0.1) is 0 Å². The summed E-state index contributed by atoms with van der Waals surface area (Å²) >= 11 is 5.11. The highest BCUT2D eigenvalue weighted by molar-refractivity contribution is 7.80. The Bertz CT molecular complexity index is 531. The van der Waals surface area contributed by atoms with Crippen LogP contribution < -0.4 is 10.6 Å². The molecular weight excluding hydrogens is 249 g/mol. The smallest absolute Gasteiger partial charge is 0.171 e. The lowest BCUT2D eigenvalue weighted by atomic mass is 10.2. The molecule has 5 heteroatoms. The van der Waals surface area contributed by atoms with E-state index in [0.29, 0.717) is 17.2 Å². The molecule has 0 amide bonds. The highest BCUT2D eigenvalue weighted by atomic mass is 32.1. The maximum atomic E-state index is 13.4. The van der Waals surface area contributed by atoms with Gasteiger partial charge in [-0.2, -0.15) is 0 Å². The monoisotopic (exact) mass is 261 g/mol. The molecule has 0 aliphatic carbocycles. The Morgan fingerprint density at radius 3 is 2.61 bits per heavy atom. The highest BCUT2D eigenvalue weighted by Gasteiger charge is 2.01. The number of aromatic nitrogens is 1. The fraction of sp³-hybridized carbons (Fsp3) is 0.0769. The molecule has 1 heterocycles. The molecule has 0 radical (unpaired) electrons. The van der Waals surface area contributed by atoms with Gasteiger partial charge in [0.2, 0.25) is 0 Å². The van der Waals surface area contributed by atoms with Gasteiger partial charge in [0.1, 0.15) is 5.82 Å². The molecule has 0 spiro atoms. The molecule has 2 rings (SSSR count). The summed E-state index contributed by atoms with van der Waals surface area (Å²) in [7, 11) is 0. The second-order valence-electron chi connectivity index (χ2n) is 3.63. The summed E-state index contributed by atoms with van der Waals surface area (Å²) in [5.74, 6) is -0.239. The van der Waals surface area contributed by atoms with E-state index in [4.69, 9.17) is 12.2 Å². The zero-order chi connectivity index (χ0) is 12.8. The maximum Gasteiger partial charge on any atom is 0.171 e. The third kappa shape index (κ3) is 3.49. The minimum atomic E-state index is -0.239. The van der Waals surface area contributed by atoms with Crippen molar-refractivity contribution in [2.24, 2.45) is 0 Å². The van der Waals surface area contributed by atoms with E-state index < -0.39 is 0 Å². The number of nitrogens with zero attached hydrogens (tertiary/aromatic N) is 1. The molecule has 0 bridgehead atoms. The van der Waals surface area contributed by atoms with Crippen LogP contribution in [0.1, 0.15) is 5.56 Å². The van der Waals surface area contributed by atoms with Gasteiger partial charge in [0.25, 0.3) is 0 Å². The van der Waals surface area contributed by atoms with Crippen molar-refractivity contribution < 1.29 is 4.39 Å². The van der Waals surface area contributed by atoms with E-state index in [9.17, 15) is 4.39 Å². The van der Waals surface area contributed by atoms with Gasteiger partial charge < -0.3 is 10.6 Å². The van der Waals surface area contributed by atoms with E-state index in [1.165, 1.54) is 6.07 Å². The SMILES string of the molecule is Fc1ccccc1CNC(=S)Nc1ccncc1. The summed E-state index contributed by atoms with van der Waals surface area (Å²) in [5.41, 5.74) is 1.42. The Kier molecular flexibility index (Phi) is 4.20. The van der Waals surface area contributed by atoms with Crippen molar-refractivity contribution in [3.05, 3.63) is 60.2 Å². The molecule has 92 valence electrons. The number of rotatable bonds is 3. The average Bonchev–Trinajstić information content (AvgIpc) is 2.39. The molecule has 18 heavy (non-hydrogen) atoms. The second kappa shape index (κ2) is 6.07. The fourth-order valence-corrected chi connectivity index (χ4v) is 1.62. The molecule has 0 atom stereocenters. The van der Waals surface area contributed by atoms with Gasteiger partial charge in [-0.05, 0) is 30.4 Å². The molecule has 2 N–H and O–H groups in total. The number of halogens is 1. The standard InChI is InChI=1S/C13H12FN3S/c14-12-4-2-1-3-10(12)9-16-13(18)17-11-5-7-15-8-6-11/h1-8H,9H2,(H2,15,16,17,18). The van der Waals surface area contributed by atoms with Crippen LogP contribution >= 0.6 is 12.2 Å². The van der Waals surface area contributed by atoms with Gasteiger partial charge >= 0.3 is 0 Å². The van der Waals surface area contributed by atoms with Gasteiger partial charge in [-0.1, -0.05) is 18.2 Å². The molecular formula is C13H12FN3S. The minimum Gasteiger partial charge on any atom is -0.358 e. The fourth-order valence-electron chi connectivity index (χ4n) is 1.43. The topological polar surface area (TPSA) is 37.0 Å². The van der Waals surface area contributed by atoms with Crippen molar-refractivity contribution in [1.82, 2.24) is 10.3 Å². The predicted octanol–water partition coefficient (Wildman–Crippen LogP) is 2.71. The molecule has 0 saturated heterocycles. The Balaban J connectivity index is 1.88. The van der Waals surface area contributed by atoms with Gasteiger partial charge in [0, 0.05) is 30.2 Å². The van der Waals surface area contributed by atoms with Crippen LogP contribution in [0.4, 0.5) is 10.1 Å². The normalized spacial score (nSPS) is 9.83.